The van der Waals surface area contributed by atoms with Gasteiger partial charge in [0.1, 0.15) is 11.3 Å². The summed E-state index contributed by atoms with van der Waals surface area (Å²) < 4.78 is 19.7. The van der Waals surface area contributed by atoms with E-state index in [0.717, 1.165) is 5.52 Å². The number of oxazole rings is 1. The van der Waals surface area contributed by atoms with Crippen molar-refractivity contribution in [2.24, 2.45) is 0 Å². The van der Waals surface area contributed by atoms with Gasteiger partial charge in [-0.15, -0.1) is 0 Å². The first-order chi connectivity index (χ1) is 11.2. The fourth-order valence-corrected chi connectivity index (χ4v) is 2.26. The second kappa shape index (κ2) is 5.17. The normalized spacial score (nSPS) is 11.0. The van der Waals surface area contributed by atoms with Crippen molar-refractivity contribution in [3.63, 3.8) is 0 Å². The van der Waals surface area contributed by atoms with Crippen LogP contribution in [0.1, 0.15) is 10.4 Å². The third-order valence-corrected chi connectivity index (χ3v) is 3.42. The van der Waals surface area contributed by atoms with Gasteiger partial charge < -0.3 is 4.42 Å². The van der Waals surface area contributed by atoms with Crippen LogP contribution >= 0.6 is 0 Å². The maximum atomic E-state index is 12.9. The van der Waals surface area contributed by atoms with Gasteiger partial charge in [-0.3, -0.25) is 4.79 Å². The Kier molecular flexibility index (Phi) is 3.01. The Labute approximate surface area is 130 Å². The van der Waals surface area contributed by atoms with Gasteiger partial charge in [0.15, 0.2) is 5.58 Å². The molecule has 4 rings (SSSR count). The third-order valence-electron chi connectivity index (χ3n) is 3.42. The summed E-state index contributed by atoms with van der Waals surface area (Å²) >= 11 is 0. The second-order valence-corrected chi connectivity index (χ2v) is 4.97. The molecular formula is C17H10FN3O2. The highest BCUT2D eigenvalue weighted by Gasteiger charge is 2.14. The molecule has 0 amide bonds. The van der Waals surface area contributed by atoms with E-state index in [1.54, 1.807) is 0 Å². The van der Waals surface area contributed by atoms with Gasteiger partial charge in [-0.2, -0.15) is 5.10 Å². The predicted octanol–water partition coefficient (Wildman–Crippen LogP) is 3.52. The molecule has 0 bridgehead atoms. The molecule has 5 nitrogen and oxygen atoms in total. The molecule has 0 saturated heterocycles. The van der Waals surface area contributed by atoms with Crippen molar-refractivity contribution in [1.82, 2.24) is 14.8 Å². The minimum atomic E-state index is -0.394. The molecule has 0 atom stereocenters. The lowest BCUT2D eigenvalue weighted by Crippen LogP contribution is -2.12. The van der Waals surface area contributed by atoms with Crippen LogP contribution in [0, 0.1) is 5.82 Å². The molecular weight excluding hydrogens is 297 g/mol. The monoisotopic (exact) mass is 307 g/mol. The number of aromatic nitrogens is 3. The first kappa shape index (κ1) is 13.4. The quantitative estimate of drug-likeness (QED) is 0.568. The molecule has 0 radical (unpaired) electrons. The number of para-hydroxylation sites is 2. The molecule has 2 heterocycles. The van der Waals surface area contributed by atoms with Crippen molar-refractivity contribution in [1.29, 1.82) is 0 Å². The number of halogens is 1. The van der Waals surface area contributed by atoms with E-state index in [-0.39, 0.29) is 5.91 Å². The van der Waals surface area contributed by atoms with Crippen LogP contribution in [-0.2, 0) is 0 Å². The van der Waals surface area contributed by atoms with Crippen molar-refractivity contribution >= 4 is 17.0 Å². The number of hydrogen-bond acceptors (Lipinski definition) is 4. The zero-order chi connectivity index (χ0) is 15.8. The summed E-state index contributed by atoms with van der Waals surface area (Å²) in [5.41, 5.74) is 2.34. The van der Waals surface area contributed by atoms with Gasteiger partial charge in [0.05, 0.1) is 11.8 Å². The minimum absolute atomic E-state index is 0.346. The highest BCUT2D eigenvalue weighted by atomic mass is 19.1. The molecule has 0 aliphatic rings. The van der Waals surface area contributed by atoms with E-state index in [0.29, 0.717) is 22.6 Å². The molecule has 0 unspecified atom stereocenters. The van der Waals surface area contributed by atoms with Gasteiger partial charge in [0.25, 0.3) is 5.91 Å². The standard InChI is InChI=1S/C17H10FN3O2/c18-13-7-5-11(6-8-13)17(22)21-10-12(9-19-21)16-20-14-3-1-2-4-15(14)23-16/h1-10H. The summed E-state index contributed by atoms with van der Waals surface area (Å²) in [6.45, 7) is 0. The van der Waals surface area contributed by atoms with Gasteiger partial charge in [-0.05, 0) is 36.4 Å². The van der Waals surface area contributed by atoms with Crippen molar-refractivity contribution in [2.45, 2.75) is 0 Å². The topological polar surface area (TPSA) is 60.9 Å². The highest BCUT2D eigenvalue weighted by molar-refractivity contribution is 5.95. The van der Waals surface area contributed by atoms with E-state index < -0.39 is 5.82 Å². The molecule has 2 aromatic heterocycles. The third kappa shape index (κ3) is 2.40. The van der Waals surface area contributed by atoms with Crippen LogP contribution in [0.2, 0.25) is 0 Å². The maximum absolute atomic E-state index is 12.9. The lowest BCUT2D eigenvalue weighted by atomic mass is 10.2. The number of fused-ring (bicyclic) bond motifs is 1. The van der Waals surface area contributed by atoms with Gasteiger partial charge in [0, 0.05) is 11.8 Å². The fourth-order valence-electron chi connectivity index (χ4n) is 2.26. The maximum Gasteiger partial charge on any atom is 0.278 e. The van der Waals surface area contributed by atoms with E-state index in [2.05, 4.69) is 10.1 Å². The Hall–Kier alpha value is -3.28. The number of carbonyl (C=O) groups excluding carboxylic acids is 1. The minimum Gasteiger partial charge on any atom is -0.436 e. The van der Waals surface area contributed by atoms with E-state index >= 15 is 0 Å². The fraction of sp³-hybridized carbons (Fsp3) is 0. The lowest BCUT2D eigenvalue weighted by molar-refractivity contribution is 0.0945. The van der Waals surface area contributed by atoms with Gasteiger partial charge in [-0.1, -0.05) is 12.1 Å². The number of carbonyl (C=O) groups is 1. The van der Waals surface area contributed by atoms with Crippen molar-refractivity contribution in [3.8, 4) is 11.5 Å². The van der Waals surface area contributed by atoms with Crippen molar-refractivity contribution in [2.75, 3.05) is 0 Å². The summed E-state index contributed by atoms with van der Waals surface area (Å²) in [6.07, 6.45) is 3.04. The van der Waals surface area contributed by atoms with Crippen LogP contribution in [-0.4, -0.2) is 20.7 Å². The zero-order valence-corrected chi connectivity index (χ0v) is 11.8. The highest BCUT2D eigenvalue weighted by Crippen LogP contribution is 2.23. The molecule has 0 spiro atoms. The average molecular weight is 307 g/mol. The van der Waals surface area contributed by atoms with Crippen LogP contribution in [0.15, 0.2) is 65.3 Å². The molecule has 0 fully saturated rings. The molecule has 0 saturated carbocycles. The van der Waals surface area contributed by atoms with Crippen LogP contribution in [0.3, 0.4) is 0 Å². The predicted molar refractivity (Wildman–Crippen MR) is 81.4 cm³/mol. The van der Waals surface area contributed by atoms with Gasteiger partial charge >= 0.3 is 0 Å². The summed E-state index contributed by atoms with van der Waals surface area (Å²) in [4.78, 5) is 16.7. The number of benzene rings is 2. The van der Waals surface area contributed by atoms with E-state index in [1.807, 2.05) is 24.3 Å². The summed E-state index contributed by atoms with van der Waals surface area (Å²) in [5.74, 6) is -0.356. The Morgan fingerprint density at radius 3 is 2.65 bits per heavy atom. The Morgan fingerprint density at radius 1 is 1.09 bits per heavy atom. The van der Waals surface area contributed by atoms with Crippen molar-refractivity contribution in [3.05, 3.63) is 72.3 Å². The summed E-state index contributed by atoms with van der Waals surface area (Å²) in [5, 5.41) is 4.03. The van der Waals surface area contributed by atoms with E-state index in [4.69, 9.17) is 4.42 Å². The van der Waals surface area contributed by atoms with E-state index in [1.165, 1.54) is 41.3 Å². The second-order valence-electron chi connectivity index (χ2n) is 4.97. The summed E-state index contributed by atoms with van der Waals surface area (Å²) in [6, 6.07) is 12.7. The number of nitrogens with zero attached hydrogens (tertiary/aromatic N) is 3. The number of rotatable bonds is 2. The van der Waals surface area contributed by atoms with Crippen LogP contribution in [0.5, 0.6) is 0 Å². The Balaban J connectivity index is 1.68. The molecule has 0 aliphatic heterocycles. The SMILES string of the molecule is O=C(c1ccc(F)cc1)n1cc(-c2nc3ccccc3o2)cn1. The van der Waals surface area contributed by atoms with E-state index in [9.17, 15) is 9.18 Å². The molecule has 112 valence electrons. The number of hydrogen-bond donors (Lipinski definition) is 0. The average Bonchev–Trinajstić information content (AvgIpc) is 3.21. The van der Waals surface area contributed by atoms with Gasteiger partial charge in [-0.25, -0.2) is 14.1 Å². The Bertz CT molecular complexity index is 969. The summed E-state index contributed by atoms with van der Waals surface area (Å²) in [7, 11) is 0. The zero-order valence-electron chi connectivity index (χ0n) is 11.8. The molecule has 2 aromatic carbocycles. The van der Waals surface area contributed by atoms with Gasteiger partial charge in [0.2, 0.25) is 5.89 Å². The Morgan fingerprint density at radius 2 is 1.87 bits per heavy atom. The lowest BCUT2D eigenvalue weighted by Gasteiger charge is -1.99. The van der Waals surface area contributed by atoms with Crippen molar-refractivity contribution < 1.29 is 13.6 Å². The smallest absolute Gasteiger partial charge is 0.278 e. The first-order valence-electron chi connectivity index (χ1n) is 6.91. The largest absolute Gasteiger partial charge is 0.436 e. The molecule has 0 aliphatic carbocycles. The molecule has 0 N–H and O–H groups in total. The molecule has 23 heavy (non-hydrogen) atoms. The van der Waals surface area contributed by atoms with Crippen LogP contribution < -0.4 is 0 Å². The van der Waals surface area contributed by atoms with Crippen LogP contribution in [0.4, 0.5) is 4.39 Å². The van der Waals surface area contributed by atoms with Crippen LogP contribution in [0.25, 0.3) is 22.6 Å². The molecule has 4 aromatic rings. The first-order valence-corrected chi connectivity index (χ1v) is 6.91. The molecule has 6 heteroatoms.